The molecule has 0 spiro atoms. The summed E-state index contributed by atoms with van der Waals surface area (Å²) in [7, 11) is -2.23. The fraction of sp³-hybridized carbons (Fsp3) is 0.333. The molecule has 1 heterocycles. The number of hydrogen-bond acceptors (Lipinski definition) is 7. The Morgan fingerprint density at radius 1 is 1.44 bits per heavy atom. The lowest BCUT2D eigenvalue weighted by Gasteiger charge is -2.15. The van der Waals surface area contributed by atoms with Gasteiger partial charge >= 0.3 is 5.97 Å². The summed E-state index contributed by atoms with van der Waals surface area (Å²) in [6.07, 6.45) is 1.05. The number of nitrogens with zero attached hydrogens (tertiary/aromatic N) is 1. The van der Waals surface area contributed by atoms with Gasteiger partial charge in [0.2, 0.25) is 0 Å². The molecular formula is C15H17ClN2O6S. The quantitative estimate of drug-likeness (QED) is 0.679. The zero-order chi connectivity index (χ0) is 18.8. The Balaban J connectivity index is 2.38. The van der Waals surface area contributed by atoms with Gasteiger partial charge in [0.1, 0.15) is 5.70 Å². The van der Waals surface area contributed by atoms with Crippen molar-refractivity contribution in [3.8, 4) is 0 Å². The molecule has 1 aliphatic heterocycles. The van der Waals surface area contributed by atoms with Crippen LogP contribution in [0.5, 0.6) is 0 Å². The average molecular weight is 389 g/mol. The maximum absolute atomic E-state index is 12.4. The number of ether oxygens (including phenoxy) is 1. The number of carbonyl (C=O) groups is 2. The van der Waals surface area contributed by atoms with Crippen LogP contribution in [-0.2, 0) is 24.2 Å². The van der Waals surface area contributed by atoms with E-state index in [1.807, 2.05) is 0 Å². The first-order chi connectivity index (χ1) is 11.7. The van der Waals surface area contributed by atoms with Crippen molar-refractivity contribution in [2.45, 2.75) is 4.90 Å². The molecule has 0 bridgehead atoms. The van der Waals surface area contributed by atoms with Crippen LogP contribution in [0.1, 0.15) is 0 Å². The van der Waals surface area contributed by atoms with Crippen molar-refractivity contribution in [2.75, 3.05) is 38.4 Å². The molecule has 8 nitrogen and oxygen atoms in total. The summed E-state index contributed by atoms with van der Waals surface area (Å²) in [6.45, 7) is -0.198. The summed E-state index contributed by atoms with van der Waals surface area (Å²) in [5.74, 6) is -1.17. The minimum Gasteiger partial charge on any atom is -0.466 e. The van der Waals surface area contributed by atoms with Gasteiger partial charge in [0.25, 0.3) is 5.91 Å². The van der Waals surface area contributed by atoms with E-state index in [4.69, 9.17) is 16.7 Å². The number of aliphatic hydroxyl groups is 1. The number of carbonyl (C=O) groups excluding carboxylic acids is 2. The zero-order valence-electron chi connectivity index (χ0n) is 13.6. The molecule has 1 aromatic rings. The molecule has 2 rings (SSSR count). The molecule has 136 valence electrons. The van der Waals surface area contributed by atoms with E-state index in [0.717, 1.165) is 6.26 Å². The van der Waals surface area contributed by atoms with E-state index in [1.165, 1.54) is 30.2 Å². The maximum atomic E-state index is 12.4. The van der Waals surface area contributed by atoms with Crippen LogP contribution in [0.15, 0.2) is 34.4 Å². The highest BCUT2D eigenvalue weighted by Crippen LogP contribution is 2.29. The number of halogens is 1. The van der Waals surface area contributed by atoms with E-state index in [0.29, 0.717) is 0 Å². The van der Waals surface area contributed by atoms with E-state index in [9.17, 15) is 18.0 Å². The molecular weight excluding hydrogens is 372 g/mol. The second-order valence-electron chi connectivity index (χ2n) is 5.33. The fourth-order valence-electron chi connectivity index (χ4n) is 2.31. The number of nitrogens with one attached hydrogen (secondary N) is 1. The summed E-state index contributed by atoms with van der Waals surface area (Å²) in [5, 5.41) is 11.9. The van der Waals surface area contributed by atoms with Crippen molar-refractivity contribution >= 4 is 39.0 Å². The Hall–Kier alpha value is -2.10. The van der Waals surface area contributed by atoms with Crippen LogP contribution < -0.4 is 5.32 Å². The monoisotopic (exact) mass is 388 g/mol. The first kappa shape index (κ1) is 19.2. The third-order valence-corrected chi connectivity index (χ3v) is 5.00. The number of sulfone groups is 1. The second-order valence-corrected chi connectivity index (χ2v) is 7.76. The molecule has 1 aliphatic rings. The largest absolute Gasteiger partial charge is 0.466 e. The van der Waals surface area contributed by atoms with Gasteiger partial charge in [-0.25, -0.2) is 13.2 Å². The van der Waals surface area contributed by atoms with Crippen LogP contribution in [0.25, 0.3) is 0 Å². The van der Waals surface area contributed by atoms with Gasteiger partial charge in [-0.05, 0) is 18.2 Å². The molecule has 0 aromatic heterocycles. The Bertz CT molecular complexity index is 850. The van der Waals surface area contributed by atoms with Crippen molar-refractivity contribution < 1.29 is 27.9 Å². The van der Waals surface area contributed by atoms with Gasteiger partial charge in [-0.1, -0.05) is 11.6 Å². The summed E-state index contributed by atoms with van der Waals surface area (Å²) in [5.41, 5.74) is 0.350. The first-order valence-electron chi connectivity index (χ1n) is 7.17. The van der Waals surface area contributed by atoms with Gasteiger partial charge in [-0.15, -0.1) is 0 Å². The van der Waals surface area contributed by atoms with E-state index in [-0.39, 0.29) is 46.6 Å². The van der Waals surface area contributed by atoms with Gasteiger partial charge < -0.3 is 20.1 Å². The molecule has 0 fully saturated rings. The van der Waals surface area contributed by atoms with E-state index >= 15 is 0 Å². The van der Waals surface area contributed by atoms with E-state index in [2.05, 4.69) is 10.1 Å². The lowest BCUT2D eigenvalue weighted by molar-refractivity contribution is -0.136. The zero-order valence-corrected chi connectivity index (χ0v) is 15.1. The van der Waals surface area contributed by atoms with Gasteiger partial charge in [0, 0.05) is 12.8 Å². The molecule has 1 amide bonds. The van der Waals surface area contributed by atoms with Crippen molar-refractivity contribution in [2.24, 2.45) is 0 Å². The minimum atomic E-state index is -3.43. The van der Waals surface area contributed by atoms with E-state index < -0.39 is 21.7 Å². The molecule has 0 aliphatic carbocycles. The van der Waals surface area contributed by atoms with Crippen LogP contribution in [-0.4, -0.2) is 63.4 Å². The normalized spacial score (nSPS) is 14.9. The van der Waals surface area contributed by atoms with Gasteiger partial charge in [-0.3, -0.25) is 4.79 Å². The van der Waals surface area contributed by atoms with Crippen LogP contribution >= 0.6 is 11.6 Å². The standard InChI is InChI=1S/C15H17ClN2O6S/c1-24-15(21)10-8-18(5-6-19)14(20)13(10)17-12-4-3-9(7-11(12)16)25(2,22)23/h3-4,7,17,19H,5-6,8H2,1-2H3. The number of amides is 1. The van der Waals surface area contributed by atoms with Crippen LogP contribution in [0.2, 0.25) is 5.02 Å². The lowest BCUT2D eigenvalue weighted by atomic mass is 10.2. The van der Waals surface area contributed by atoms with Crippen molar-refractivity contribution in [3.63, 3.8) is 0 Å². The highest BCUT2D eigenvalue weighted by molar-refractivity contribution is 7.90. The molecule has 2 N–H and O–H groups in total. The van der Waals surface area contributed by atoms with Crippen LogP contribution in [0.4, 0.5) is 5.69 Å². The molecule has 0 unspecified atom stereocenters. The number of rotatable bonds is 6. The Kier molecular flexibility index (Phi) is 5.71. The molecule has 1 aromatic carbocycles. The smallest absolute Gasteiger partial charge is 0.337 e. The van der Waals surface area contributed by atoms with E-state index in [1.54, 1.807) is 0 Å². The Morgan fingerprint density at radius 3 is 2.64 bits per heavy atom. The molecule has 0 atom stereocenters. The Labute approximate surface area is 149 Å². The number of methoxy groups -OCH3 is 1. The lowest BCUT2D eigenvalue weighted by Crippen LogP contribution is -2.31. The van der Waals surface area contributed by atoms with Gasteiger partial charge in [-0.2, -0.15) is 0 Å². The maximum Gasteiger partial charge on any atom is 0.337 e. The van der Waals surface area contributed by atoms with Crippen LogP contribution in [0, 0.1) is 0 Å². The number of hydrogen-bond donors (Lipinski definition) is 2. The highest BCUT2D eigenvalue weighted by atomic mass is 35.5. The molecule has 0 saturated heterocycles. The average Bonchev–Trinajstić information content (AvgIpc) is 2.85. The molecule has 0 saturated carbocycles. The van der Waals surface area contributed by atoms with Crippen molar-refractivity contribution in [1.82, 2.24) is 4.90 Å². The number of esters is 1. The number of benzene rings is 1. The predicted octanol–water partition coefficient (Wildman–Crippen LogP) is 0.417. The number of aliphatic hydroxyl groups excluding tert-OH is 1. The number of β-amino-alcohol motifs (C(OH)–C–C–N with tert-alkyl or cyclic N) is 1. The van der Waals surface area contributed by atoms with Crippen LogP contribution in [0.3, 0.4) is 0 Å². The summed E-state index contributed by atoms with van der Waals surface area (Å²) in [4.78, 5) is 25.6. The summed E-state index contributed by atoms with van der Waals surface area (Å²) in [6, 6.07) is 4.00. The predicted molar refractivity (Wildman–Crippen MR) is 90.9 cm³/mol. The van der Waals surface area contributed by atoms with Gasteiger partial charge in [0.05, 0.1) is 41.4 Å². The first-order valence-corrected chi connectivity index (χ1v) is 9.44. The molecule has 25 heavy (non-hydrogen) atoms. The second kappa shape index (κ2) is 7.42. The Morgan fingerprint density at radius 2 is 2.12 bits per heavy atom. The third-order valence-electron chi connectivity index (χ3n) is 3.58. The van der Waals surface area contributed by atoms with Gasteiger partial charge in [0.15, 0.2) is 9.84 Å². The highest BCUT2D eigenvalue weighted by Gasteiger charge is 2.34. The van der Waals surface area contributed by atoms with Crippen molar-refractivity contribution in [1.29, 1.82) is 0 Å². The molecule has 10 heteroatoms. The topological polar surface area (TPSA) is 113 Å². The molecule has 0 radical (unpaired) electrons. The SMILES string of the molecule is COC(=O)C1=C(Nc2ccc(S(C)(=O)=O)cc2Cl)C(=O)N(CCO)C1. The summed E-state index contributed by atoms with van der Waals surface area (Å²) >= 11 is 6.09. The minimum absolute atomic E-state index is 0.00651. The third kappa shape index (κ3) is 4.12. The number of anilines is 1. The van der Waals surface area contributed by atoms with Crippen molar-refractivity contribution in [3.05, 3.63) is 34.5 Å². The summed E-state index contributed by atoms with van der Waals surface area (Å²) < 4.78 is 27.8. The fourth-order valence-corrected chi connectivity index (χ4v) is 3.25.